The monoisotopic (exact) mass is 798 g/mol. The Balaban J connectivity index is 0.000000512. The molecular formula is C37H37F7N4O8. The van der Waals surface area contributed by atoms with E-state index < -0.39 is 35.7 Å². The lowest BCUT2D eigenvalue weighted by molar-refractivity contribution is -0.193. The van der Waals surface area contributed by atoms with E-state index in [1.54, 1.807) is 41.9 Å². The number of alkyl halides is 6. The molecule has 1 aromatic heterocycles. The number of fused-ring (bicyclic) bond motifs is 1. The molecule has 19 heteroatoms. The van der Waals surface area contributed by atoms with Gasteiger partial charge in [0.1, 0.15) is 18.2 Å². The summed E-state index contributed by atoms with van der Waals surface area (Å²) in [4.78, 5) is 47.8. The second-order valence-corrected chi connectivity index (χ2v) is 12.6. The normalized spacial score (nSPS) is 16.6. The molecule has 1 fully saturated rings. The van der Waals surface area contributed by atoms with Crippen LogP contribution in [0.15, 0.2) is 78.9 Å². The maximum atomic E-state index is 13.3. The first-order valence-electron chi connectivity index (χ1n) is 16.6. The molecule has 0 aliphatic heterocycles. The van der Waals surface area contributed by atoms with Crippen molar-refractivity contribution in [3.8, 4) is 5.75 Å². The molecule has 302 valence electrons. The third-order valence-electron chi connectivity index (χ3n) is 8.38. The fraction of sp³-hybridized carbons (Fsp3) is 0.324. The zero-order valence-electron chi connectivity index (χ0n) is 29.5. The van der Waals surface area contributed by atoms with Gasteiger partial charge >= 0.3 is 24.3 Å². The maximum Gasteiger partial charge on any atom is 0.490 e. The Morgan fingerprint density at radius 1 is 0.857 bits per heavy atom. The van der Waals surface area contributed by atoms with Gasteiger partial charge in [0.15, 0.2) is 0 Å². The van der Waals surface area contributed by atoms with E-state index in [2.05, 4.69) is 15.6 Å². The van der Waals surface area contributed by atoms with E-state index in [9.17, 15) is 45.5 Å². The summed E-state index contributed by atoms with van der Waals surface area (Å²) in [5, 5.41) is 31.0. The lowest BCUT2D eigenvalue weighted by atomic mass is 9.76. The number of aliphatic carboxylic acids is 2. The number of aromatic nitrogens is 1. The van der Waals surface area contributed by atoms with Crippen LogP contribution in [0.3, 0.4) is 0 Å². The summed E-state index contributed by atoms with van der Waals surface area (Å²) in [5.41, 5.74) is 5.23. The number of para-hydroxylation sites is 1. The number of hydrogen-bond acceptors (Lipinski definition) is 8. The van der Waals surface area contributed by atoms with Crippen LogP contribution in [0.2, 0.25) is 0 Å². The number of aryl methyl sites for hydroxylation is 1. The lowest BCUT2D eigenvalue weighted by Gasteiger charge is -2.40. The lowest BCUT2D eigenvalue weighted by Crippen LogP contribution is -2.54. The van der Waals surface area contributed by atoms with Gasteiger partial charge in [-0.3, -0.25) is 19.8 Å². The van der Waals surface area contributed by atoms with Gasteiger partial charge in [-0.1, -0.05) is 30.3 Å². The van der Waals surface area contributed by atoms with Crippen LogP contribution >= 0.6 is 0 Å². The number of halogens is 7. The smallest absolute Gasteiger partial charge is 0.489 e. The molecule has 6 N–H and O–H groups in total. The molecule has 0 bridgehead atoms. The quantitative estimate of drug-likeness (QED) is 0.0578. The van der Waals surface area contributed by atoms with Gasteiger partial charge < -0.3 is 25.6 Å². The van der Waals surface area contributed by atoms with Gasteiger partial charge in [-0.2, -0.15) is 26.3 Å². The predicted molar refractivity (Wildman–Crippen MR) is 185 cm³/mol. The minimum atomic E-state index is -5.08. The average molecular weight is 799 g/mol. The van der Waals surface area contributed by atoms with Crippen molar-refractivity contribution in [2.75, 3.05) is 0 Å². The highest BCUT2D eigenvalue weighted by Crippen LogP contribution is 2.32. The highest BCUT2D eigenvalue weighted by molar-refractivity contribution is 5.95. The number of carboxylic acids is 2. The van der Waals surface area contributed by atoms with Gasteiger partial charge in [-0.05, 0) is 86.7 Å². The van der Waals surface area contributed by atoms with Gasteiger partial charge in [-0.25, -0.2) is 19.5 Å². The van der Waals surface area contributed by atoms with Gasteiger partial charge in [-0.15, -0.1) is 0 Å². The molecule has 3 aromatic carbocycles. The molecule has 1 aliphatic rings. The Bertz CT molecular complexity index is 1930. The van der Waals surface area contributed by atoms with E-state index in [-0.39, 0.29) is 24.2 Å². The van der Waals surface area contributed by atoms with Crippen molar-refractivity contribution in [1.29, 1.82) is 0 Å². The summed E-state index contributed by atoms with van der Waals surface area (Å²) in [6.07, 6.45) is -7.60. The molecule has 0 saturated heterocycles. The van der Waals surface area contributed by atoms with Gasteiger partial charge in [0.25, 0.3) is 5.91 Å². The molecule has 0 radical (unpaired) electrons. The molecule has 4 aromatic rings. The molecule has 1 heterocycles. The van der Waals surface area contributed by atoms with E-state index in [1.807, 2.05) is 37.3 Å². The number of nitrogens with zero attached hydrogens (tertiary/aromatic N) is 1. The van der Waals surface area contributed by atoms with Crippen LogP contribution in [0.1, 0.15) is 59.3 Å². The largest absolute Gasteiger partial charge is 0.490 e. The molecule has 1 aliphatic carbocycles. The number of hydroxylamine groups is 1. The van der Waals surface area contributed by atoms with Crippen LogP contribution in [-0.4, -0.2) is 68.1 Å². The number of ether oxygens (including phenoxy) is 1. The molecule has 0 spiro atoms. The third-order valence-corrected chi connectivity index (χ3v) is 8.38. The van der Waals surface area contributed by atoms with Crippen LogP contribution < -0.4 is 20.9 Å². The van der Waals surface area contributed by atoms with Crippen molar-refractivity contribution >= 4 is 34.7 Å². The number of nitrogens with one attached hydrogen (secondary N) is 3. The molecule has 56 heavy (non-hydrogen) atoms. The van der Waals surface area contributed by atoms with Crippen molar-refractivity contribution in [3.63, 3.8) is 0 Å². The van der Waals surface area contributed by atoms with Crippen molar-refractivity contribution in [2.45, 2.75) is 76.1 Å². The Morgan fingerprint density at radius 3 is 1.95 bits per heavy atom. The van der Waals surface area contributed by atoms with Crippen LogP contribution in [0.4, 0.5) is 30.7 Å². The van der Waals surface area contributed by atoms with Crippen LogP contribution in [-0.2, 0) is 27.5 Å². The van der Waals surface area contributed by atoms with E-state index in [4.69, 9.17) is 24.5 Å². The van der Waals surface area contributed by atoms with Crippen LogP contribution in [0.5, 0.6) is 5.75 Å². The minimum absolute atomic E-state index is 0.0274. The highest BCUT2D eigenvalue weighted by Gasteiger charge is 2.40. The molecular weight excluding hydrogens is 761 g/mol. The predicted octanol–water partition coefficient (Wildman–Crippen LogP) is 6.62. The average Bonchev–Trinajstić information content (AvgIpc) is 3.14. The Labute approximate surface area is 314 Å². The van der Waals surface area contributed by atoms with Gasteiger partial charge in [0, 0.05) is 40.3 Å². The second-order valence-electron chi connectivity index (χ2n) is 12.6. The van der Waals surface area contributed by atoms with Crippen molar-refractivity contribution in [1.82, 2.24) is 21.1 Å². The number of rotatable bonds is 10. The van der Waals surface area contributed by atoms with Crippen molar-refractivity contribution in [3.05, 3.63) is 107 Å². The Kier molecular flexibility index (Phi) is 15.7. The zero-order valence-corrected chi connectivity index (χ0v) is 29.5. The minimum Gasteiger partial charge on any atom is -0.489 e. The Hall–Kier alpha value is -5.82. The topological polar surface area (TPSA) is 187 Å². The zero-order chi connectivity index (χ0) is 41.7. The molecule has 2 amide bonds. The van der Waals surface area contributed by atoms with E-state index in [1.165, 1.54) is 12.1 Å². The summed E-state index contributed by atoms with van der Waals surface area (Å²) in [7, 11) is 0. The Morgan fingerprint density at radius 2 is 1.41 bits per heavy atom. The first-order chi connectivity index (χ1) is 26.2. The number of amides is 2. The number of carboxylic acid groups (broad SMARTS) is 2. The molecule has 12 nitrogen and oxygen atoms in total. The number of hydrogen-bond donors (Lipinski definition) is 6. The first-order valence-corrected chi connectivity index (χ1v) is 16.6. The van der Waals surface area contributed by atoms with E-state index in [0.717, 1.165) is 40.6 Å². The summed E-state index contributed by atoms with van der Waals surface area (Å²) >= 11 is 0. The maximum absolute atomic E-state index is 13.3. The highest BCUT2D eigenvalue weighted by atomic mass is 19.4. The third kappa shape index (κ3) is 14.1. The molecule has 5 rings (SSSR count). The van der Waals surface area contributed by atoms with E-state index >= 15 is 0 Å². The van der Waals surface area contributed by atoms with Gasteiger partial charge in [0.2, 0.25) is 5.91 Å². The standard InChI is InChI=1S/C33H35FN4O4.2C2HF3O2/c1-22-18-25(29-4-2-3-5-30(29)36-22)21-42-28-12-8-24(9-13-28)32(40)37-33(19-31(39)38-41)16-14-27(15-17-33)35-20-23-6-10-26(34)11-7-23;2*3-2(4,5)1(6)7/h2-13,18,27,35,41H,14-17,19-21H2,1H3,(H,37,40)(H,38,39);2*(H,6,7). The van der Waals surface area contributed by atoms with Gasteiger partial charge in [0.05, 0.1) is 11.9 Å². The second kappa shape index (κ2) is 19.7. The number of carbonyl (C=O) groups excluding carboxylic acids is 2. The summed E-state index contributed by atoms with van der Waals surface area (Å²) in [6, 6.07) is 23.4. The van der Waals surface area contributed by atoms with Crippen molar-refractivity contribution < 1.29 is 70.1 Å². The fourth-order valence-electron chi connectivity index (χ4n) is 5.62. The van der Waals surface area contributed by atoms with Crippen LogP contribution in [0.25, 0.3) is 10.9 Å². The SMILES string of the molecule is Cc1cc(COc2ccc(C(=O)NC3(CC(=O)NO)CCC(NCc4ccc(F)cc4)CC3)cc2)c2ccccc2n1.O=C(O)C(F)(F)F.O=C(O)C(F)(F)F. The molecule has 1 saturated carbocycles. The summed E-state index contributed by atoms with van der Waals surface area (Å²) in [6.45, 7) is 2.93. The number of carbonyl (C=O) groups is 4. The van der Waals surface area contributed by atoms with Crippen molar-refractivity contribution in [2.24, 2.45) is 0 Å². The van der Waals surface area contributed by atoms with Crippen LogP contribution in [0, 0.1) is 12.7 Å². The number of benzene rings is 3. The number of pyridine rings is 1. The summed E-state index contributed by atoms with van der Waals surface area (Å²) in [5.74, 6) is -5.99. The fourth-order valence-corrected chi connectivity index (χ4v) is 5.62. The van der Waals surface area contributed by atoms with E-state index in [0.29, 0.717) is 37.3 Å². The molecule has 0 unspecified atom stereocenters. The molecule has 0 atom stereocenters. The first kappa shape index (κ1) is 44.6. The summed E-state index contributed by atoms with van der Waals surface area (Å²) < 4.78 is 82.7.